The van der Waals surface area contributed by atoms with Crippen molar-refractivity contribution in [3.8, 4) is 0 Å². The summed E-state index contributed by atoms with van der Waals surface area (Å²) in [4.78, 5) is 27.4. The molecule has 4 nitrogen and oxygen atoms in total. The molecular weight excluding hydrogens is 300 g/mol. The van der Waals surface area contributed by atoms with E-state index in [9.17, 15) is 9.59 Å². The first kappa shape index (κ1) is 16.2. The molecule has 124 valence electrons. The molecule has 2 aromatic carbocycles. The zero-order chi connectivity index (χ0) is 17.1. The number of piperazine rings is 1. The molecule has 0 aliphatic carbocycles. The van der Waals surface area contributed by atoms with E-state index in [-0.39, 0.29) is 11.6 Å². The highest BCUT2D eigenvalue weighted by Crippen LogP contribution is 2.21. The van der Waals surface area contributed by atoms with E-state index in [1.165, 1.54) is 0 Å². The predicted octanol–water partition coefficient (Wildman–Crippen LogP) is 3.42. The number of benzene rings is 2. The summed E-state index contributed by atoms with van der Waals surface area (Å²) >= 11 is 0. The molecule has 1 saturated heterocycles. The van der Waals surface area contributed by atoms with Crippen molar-refractivity contribution in [1.82, 2.24) is 0 Å². The van der Waals surface area contributed by atoms with Gasteiger partial charge in [-0.25, -0.2) is 0 Å². The number of nitrogens with zero attached hydrogens (tertiary/aromatic N) is 2. The summed E-state index contributed by atoms with van der Waals surface area (Å²) in [5.41, 5.74) is 3.82. The second-order valence-corrected chi connectivity index (χ2v) is 6.18. The van der Waals surface area contributed by atoms with Crippen LogP contribution in [0.2, 0.25) is 0 Å². The van der Waals surface area contributed by atoms with E-state index in [0.29, 0.717) is 0 Å². The van der Waals surface area contributed by atoms with Gasteiger partial charge in [0.1, 0.15) is 0 Å². The van der Waals surface area contributed by atoms with Gasteiger partial charge in [0.2, 0.25) is 0 Å². The molecule has 0 radical (unpaired) electrons. The van der Waals surface area contributed by atoms with Crippen LogP contribution in [-0.4, -0.2) is 37.7 Å². The fraction of sp³-hybridized carbons (Fsp3) is 0.300. The van der Waals surface area contributed by atoms with Gasteiger partial charge in [0.15, 0.2) is 11.6 Å². The van der Waals surface area contributed by atoms with Gasteiger partial charge in [0.25, 0.3) is 0 Å². The zero-order valence-corrected chi connectivity index (χ0v) is 14.2. The fourth-order valence-electron chi connectivity index (χ4n) is 3.04. The van der Waals surface area contributed by atoms with E-state index in [0.717, 1.165) is 48.7 Å². The third-order valence-corrected chi connectivity index (χ3v) is 4.56. The summed E-state index contributed by atoms with van der Waals surface area (Å²) in [6.45, 7) is 6.93. The van der Waals surface area contributed by atoms with Gasteiger partial charge in [-0.3, -0.25) is 9.59 Å². The van der Waals surface area contributed by atoms with E-state index >= 15 is 0 Å². The number of ketones is 2. The molecule has 0 amide bonds. The highest BCUT2D eigenvalue weighted by molar-refractivity contribution is 5.94. The average molecular weight is 322 g/mol. The molecular formula is C20H22N2O2. The Hall–Kier alpha value is -2.62. The minimum Gasteiger partial charge on any atom is -0.368 e. The van der Waals surface area contributed by atoms with Gasteiger partial charge in [-0.1, -0.05) is 0 Å². The monoisotopic (exact) mass is 322 g/mol. The van der Waals surface area contributed by atoms with Crippen LogP contribution in [0.25, 0.3) is 0 Å². The second-order valence-electron chi connectivity index (χ2n) is 6.18. The van der Waals surface area contributed by atoms with Crippen LogP contribution >= 0.6 is 0 Å². The Morgan fingerprint density at radius 1 is 0.625 bits per heavy atom. The third-order valence-electron chi connectivity index (χ3n) is 4.56. The van der Waals surface area contributed by atoms with Gasteiger partial charge in [-0.2, -0.15) is 0 Å². The van der Waals surface area contributed by atoms with Crippen LogP contribution in [0.3, 0.4) is 0 Å². The Kier molecular flexibility index (Phi) is 4.65. The van der Waals surface area contributed by atoms with Crippen molar-refractivity contribution in [2.24, 2.45) is 0 Å². The summed E-state index contributed by atoms with van der Waals surface area (Å²) in [5.74, 6) is 0.195. The van der Waals surface area contributed by atoms with Crippen LogP contribution in [0.4, 0.5) is 11.4 Å². The van der Waals surface area contributed by atoms with Crippen molar-refractivity contribution in [3.05, 3.63) is 59.7 Å². The van der Waals surface area contributed by atoms with E-state index in [1.807, 2.05) is 48.5 Å². The molecule has 0 N–H and O–H groups in total. The van der Waals surface area contributed by atoms with Gasteiger partial charge in [-0.05, 0) is 62.4 Å². The Morgan fingerprint density at radius 2 is 0.917 bits per heavy atom. The lowest BCUT2D eigenvalue weighted by Gasteiger charge is -2.37. The Balaban J connectivity index is 1.62. The SMILES string of the molecule is CC(=O)c1ccc(N2CCN(c3ccc(C(C)=O)cc3)CC2)cc1. The molecule has 24 heavy (non-hydrogen) atoms. The number of hydrogen-bond acceptors (Lipinski definition) is 4. The predicted molar refractivity (Wildman–Crippen MR) is 97.3 cm³/mol. The second kappa shape index (κ2) is 6.87. The first-order valence-corrected chi connectivity index (χ1v) is 8.26. The number of Topliss-reactive ketones (excluding diaryl/α,β-unsaturated/α-hetero) is 2. The lowest BCUT2D eigenvalue weighted by Crippen LogP contribution is -2.46. The van der Waals surface area contributed by atoms with Crippen LogP contribution in [0.5, 0.6) is 0 Å². The zero-order valence-electron chi connectivity index (χ0n) is 14.2. The summed E-state index contributed by atoms with van der Waals surface area (Å²) in [6.07, 6.45) is 0. The van der Waals surface area contributed by atoms with E-state index in [4.69, 9.17) is 0 Å². The van der Waals surface area contributed by atoms with Crippen LogP contribution < -0.4 is 9.80 Å². The minimum atomic E-state index is 0.0976. The Bertz CT molecular complexity index is 662. The summed E-state index contributed by atoms with van der Waals surface area (Å²) < 4.78 is 0. The van der Waals surface area contributed by atoms with Crippen LogP contribution in [0.15, 0.2) is 48.5 Å². The fourth-order valence-corrected chi connectivity index (χ4v) is 3.04. The maximum Gasteiger partial charge on any atom is 0.159 e. The van der Waals surface area contributed by atoms with Crippen LogP contribution in [0.1, 0.15) is 34.6 Å². The van der Waals surface area contributed by atoms with Gasteiger partial charge in [0.05, 0.1) is 0 Å². The number of rotatable bonds is 4. The number of carbonyl (C=O) groups is 2. The van der Waals surface area contributed by atoms with Gasteiger partial charge >= 0.3 is 0 Å². The lowest BCUT2D eigenvalue weighted by atomic mass is 10.1. The molecule has 1 fully saturated rings. The Labute approximate surface area is 142 Å². The van der Waals surface area contributed by atoms with Crippen molar-refractivity contribution in [2.45, 2.75) is 13.8 Å². The van der Waals surface area contributed by atoms with Crippen LogP contribution in [0, 0.1) is 0 Å². The van der Waals surface area contributed by atoms with Crippen LogP contribution in [-0.2, 0) is 0 Å². The molecule has 1 aliphatic heterocycles. The molecule has 0 spiro atoms. The molecule has 0 saturated carbocycles. The number of hydrogen-bond donors (Lipinski definition) is 0. The smallest absolute Gasteiger partial charge is 0.159 e. The van der Waals surface area contributed by atoms with E-state index < -0.39 is 0 Å². The first-order valence-electron chi connectivity index (χ1n) is 8.26. The molecule has 4 heteroatoms. The van der Waals surface area contributed by atoms with Crippen molar-refractivity contribution < 1.29 is 9.59 Å². The molecule has 0 atom stereocenters. The first-order chi connectivity index (χ1) is 11.5. The van der Waals surface area contributed by atoms with Crippen molar-refractivity contribution in [1.29, 1.82) is 0 Å². The minimum absolute atomic E-state index is 0.0976. The normalized spacial score (nSPS) is 14.6. The quantitative estimate of drug-likeness (QED) is 0.809. The van der Waals surface area contributed by atoms with Crippen molar-refractivity contribution in [3.63, 3.8) is 0 Å². The van der Waals surface area contributed by atoms with Gasteiger partial charge in [0, 0.05) is 48.7 Å². The third kappa shape index (κ3) is 3.48. The topological polar surface area (TPSA) is 40.6 Å². The number of anilines is 2. The van der Waals surface area contributed by atoms with Gasteiger partial charge < -0.3 is 9.80 Å². The van der Waals surface area contributed by atoms with Crippen molar-refractivity contribution >= 4 is 22.9 Å². The van der Waals surface area contributed by atoms with E-state index in [2.05, 4.69) is 9.80 Å². The van der Waals surface area contributed by atoms with Crippen molar-refractivity contribution in [2.75, 3.05) is 36.0 Å². The number of carbonyl (C=O) groups excluding carboxylic acids is 2. The largest absolute Gasteiger partial charge is 0.368 e. The highest BCUT2D eigenvalue weighted by atomic mass is 16.1. The molecule has 1 heterocycles. The standard InChI is InChI=1S/C20H22N2O2/c1-15(23)17-3-7-19(8-4-17)21-11-13-22(14-12-21)20-9-5-18(6-10-20)16(2)24/h3-10H,11-14H2,1-2H3. The average Bonchev–Trinajstić information content (AvgIpc) is 2.62. The molecule has 3 rings (SSSR count). The molecule has 1 aliphatic rings. The molecule has 2 aromatic rings. The lowest BCUT2D eigenvalue weighted by molar-refractivity contribution is 0.100. The summed E-state index contributed by atoms with van der Waals surface area (Å²) in [6, 6.07) is 15.7. The highest BCUT2D eigenvalue weighted by Gasteiger charge is 2.17. The summed E-state index contributed by atoms with van der Waals surface area (Å²) in [7, 11) is 0. The molecule has 0 aromatic heterocycles. The molecule has 0 bridgehead atoms. The maximum absolute atomic E-state index is 11.4. The summed E-state index contributed by atoms with van der Waals surface area (Å²) in [5, 5.41) is 0. The van der Waals surface area contributed by atoms with Gasteiger partial charge in [-0.15, -0.1) is 0 Å². The Morgan fingerprint density at radius 3 is 1.17 bits per heavy atom. The maximum atomic E-state index is 11.4. The van der Waals surface area contributed by atoms with E-state index in [1.54, 1.807) is 13.8 Å². The molecule has 0 unspecified atom stereocenters.